The van der Waals surface area contributed by atoms with Crippen molar-refractivity contribution in [3.05, 3.63) is 66.0 Å². The van der Waals surface area contributed by atoms with Gasteiger partial charge in [0.05, 0.1) is 13.2 Å². The minimum absolute atomic E-state index is 0.0965. The van der Waals surface area contributed by atoms with Crippen LogP contribution >= 0.6 is 0 Å². The van der Waals surface area contributed by atoms with E-state index in [1.54, 1.807) is 17.2 Å². The number of carboxylic acid groups (broad SMARTS) is 1. The number of rotatable bonds is 6. The first-order valence-corrected chi connectivity index (χ1v) is 9.80. The Morgan fingerprint density at radius 3 is 2.63 bits per heavy atom. The zero-order valence-corrected chi connectivity index (χ0v) is 16.8. The van der Waals surface area contributed by atoms with Crippen molar-refractivity contribution in [1.29, 1.82) is 0 Å². The van der Waals surface area contributed by atoms with Gasteiger partial charge in [0.15, 0.2) is 12.4 Å². The first-order valence-electron chi connectivity index (χ1n) is 9.80. The molecule has 0 spiro atoms. The lowest BCUT2D eigenvalue weighted by molar-refractivity contribution is -0.727. The molecule has 1 fully saturated rings. The summed E-state index contributed by atoms with van der Waals surface area (Å²) >= 11 is 0. The Morgan fingerprint density at radius 1 is 1.17 bits per heavy atom. The molecule has 30 heavy (non-hydrogen) atoms. The van der Waals surface area contributed by atoms with Crippen LogP contribution in [0.1, 0.15) is 41.1 Å². The fraction of sp³-hybridized carbons (Fsp3) is 0.364. The summed E-state index contributed by atoms with van der Waals surface area (Å²) in [6.07, 6.45) is 4.84. The molecule has 2 atom stereocenters. The summed E-state index contributed by atoms with van der Waals surface area (Å²) in [6, 6.07) is 11.9. The van der Waals surface area contributed by atoms with Gasteiger partial charge in [0.2, 0.25) is 0 Å². The molecule has 2 aromatic rings. The normalized spacial score (nSPS) is 17.1. The molecule has 2 heterocycles. The largest absolute Gasteiger partial charge is 0.477 e. The third kappa shape index (κ3) is 4.94. The van der Waals surface area contributed by atoms with Gasteiger partial charge in [0, 0.05) is 12.6 Å². The van der Waals surface area contributed by atoms with Gasteiger partial charge in [-0.25, -0.2) is 9.59 Å². The van der Waals surface area contributed by atoms with Gasteiger partial charge in [-0.3, -0.25) is 4.79 Å². The molecule has 0 aliphatic carbocycles. The minimum Gasteiger partial charge on any atom is -0.477 e. The first kappa shape index (κ1) is 21.3. The molecule has 1 unspecified atom stereocenters. The fourth-order valence-electron chi connectivity index (χ4n) is 3.77. The van der Waals surface area contributed by atoms with Gasteiger partial charge >= 0.3 is 18.0 Å². The number of hydrogen-bond acceptors (Lipinski definition) is 5. The highest BCUT2D eigenvalue weighted by atomic mass is 16.6. The number of pyridine rings is 1. The number of amides is 1. The SMILES string of the molecule is COC(=O)[C@H](c1ccccc1)C1CCCCN1C(=O)OC[n+]1cccc(C(=O)O)c1. The number of piperidine rings is 1. The minimum atomic E-state index is -1.06. The van der Waals surface area contributed by atoms with Gasteiger partial charge in [-0.05, 0) is 30.9 Å². The van der Waals surface area contributed by atoms with Gasteiger partial charge in [0.1, 0.15) is 11.5 Å². The van der Waals surface area contributed by atoms with Gasteiger partial charge in [-0.2, -0.15) is 4.57 Å². The number of carbonyl (C=O) groups excluding carboxylic acids is 2. The molecule has 3 rings (SSSR count). The zero-order chi connectivity index (χ0) is 21.5. The fourth-order valence-corrected chi connectivity index (χ4v) is 3.77. The van der Waals surface area contributed by atoms with Gasteiger partial charge in [0.25, 0.3) is 6.73 Å². The Hall–Kier alpha value is -3.42. The Labute approximate surface area is 174 Å². The molecular formula is C22H25N2O6+. The number of aromatic carboxylic acids is 1. The van der Waals surface area contributed by atoms with Crippen molar-refractivity contribution in [3.8, 4) is 0 Å². The van der Waals surface area contributed by atoms with E-state index in [0.29, 0.717) is 13.0 Å². The lowest BCUT2D eigenvalue weighted by atomic mass is 9.85. The number of methoxy groups -OCH3 is 1. The highest BCUT2D eigenvalue weighted by Gasteiger charge is 2.39. The van der Waals surface area contributed by atoms with Crippen LogP contribution in [0.4, 0.5) is 4.79 Å². The average molecular weight is 413 g/mol. The number of ether oxygens (including phenoxy) is 2. The van der Waals surface area contributed by atoms with Crippen LogP contribution in [0.3, 0.4) is 0 Å². The monoisotopic (exact) mass is 413 g/mol. The highest BCUT2D eigenvalue weighted by Crippen LogP contribution is 2.32. The van der Waals surface area contributed by atoms with Crippen molar-refractivity contribution in [3.63, 3.8) is 0 Å². The Bertz CT molecular complexity index is 902. The van der Waals surface area contributed by atoms with Crippen LogP contribution in [0, 0.1) is 0 Å². The molecule has 1 amide bonds. The van der Waals surface area contributed by atoms with Crippen LogP contribution in [0.2, 0.25) is 0 Å². The molecule has 1 aromatic heterocycles. The average Bonchev–Trinajstić information content (AvgIpc) is 2.78. The Balaban J connectivity index is 1.77. The quantitative estimate of drug-likeness (QED) is 0.578. The van der Waals surface area contributed by atoms with E-state index in [4.69, 9.17) is 14.6 Å². The highest BCUT2D eigenvalue weighted by molar-refractivity contribution is 5.86. The van der Waals surface area contributed by atoms with Crippen LogP contribution in [0.5, 0.6) is 0 Å². The van der Waals surface area contributed by atoms with E-state index in [1.807, 2.05) is 30.3 Å². The zero-order valence-electron chi connectivity index (χ0n) is 16.8. The topological polar surface area (TPSA) is 97.0 Å². The molecular weight excluding hydrogens is 388 g/mol. The number of aromatic nitrogens is 1. The number of esters is 1. The number of nitrogens with zero attached hydrogens (tertiary/aromatic N) is 2. The molecule has 8 nitrogen and oxygen atoms in total. The van der Waals surface area contributed by atoms with Crippen LogP contribution in [0.15, 0.2) is 54.9 Å². The summed E-state index contributed by atoms with van der Waals surface area (Å²) in [5.74, 6) is -2.06. The van der Waals surface area contributed by atoms with Crippen molar-refractivity contribution < 1.29 is 33.5 Å². The molecule has 1 aromatic carbocycles. The van der Waals surface area contributed by atoms with Crippen LogP contribution < -0.4 is 4.57 Å². The molecule has 0 radical (unpaired) electrons. The van der Waals surface area contributed by atoms with E-state index in [0.717, 1.165) is 18.4 Å². The van der Waals surface area contributed by atoms with Crippen molar-refractivity contribution in [2.45, 2.75) is 38.0 Å². The molecule has 8 heteroatoms. The number of hydrogen-bond donors (Lipinski definition) is 1. The standard InChI is InChI=1S/C22H24N2O6/c1-29-21(27)19(16-8-3-2-4-9-16)18-11-5-6-13-24(18)22(28)30-15-23-12-7-10-17(14-23)20(25)26/h2-4,7-10,12,14,18-19H,5-6,11,13,15H2,1H3/p+1/t18?,19-/m1/s1. The van der Waals surface area contributed by atoms with Crippen LogP contribution in [-0.4, -0.2) is 47.7 Å². The lowest BCUT2D eigenvalue weighted by Gasteiger charge is -2.38. The smallest absolute Gasteiger partial charge is 0.414 e. The Morgan fingerprint density at radius 2 is 1.93 bits per heavy atom. The third-order valence-electron chi connectivity index (χ3n) is 5.22. The molecule has 0 bridgehead atoms. The first-order chi connectivity index (χ1) is 14.5. The summed E-state index contributed by atoms with van der Waals surface area (Å²) in [5.41, 5.74) is 0.886. The molecule has 1 aliphatic rings. The lowest BCUT2D eigenvalue weighted by Crippen LogP contribution is -2.50. The van der Waals surface area contributed by atoms with E-state index in [9.17, 15) is 14.4 Å². The number of carbonyl (C=O) groups is 3. The summed E-state index contributed by atoms with van der Waals surface area (Å²) in [6.45, 7) is 0.348. The number of likely N-dealkylation sites (tertiary alicyclic amines) is 1. The van der Waals surface area contributed by atoms with E-state index in [-0.39, 0.29) is 18.3 Å². The van der Waals surface area contributed by atoms with Gasteiger partial charge in [-0.1, -0.05) is 30.3 Å². The predicted octanol–water partition coefficient (Wildman–Crippen LogP) is 2.58. The summed E-state index contributed by atoms with van der Waals surface area (Å²) in [5, 5.41) is 9.10. The van der Waals surface area contributed by atoms with E-state index >= 15 is 0 Å². The molecule has 1 aliphatic heterocycles. The van der Waals surface area contributed by atoms with Crippen LogP contribution in [0.25, 0.3) is 0 Å². The van der Waals surface area contributed by atoms with Crippen molar-refractivity contribution in [1.82, 2.24) is 4.90 Å². The Kier molecular flexibility index (Phi) is 7.00. The van der Waals surface area contributed by atoms with E-state index in [2.05, 4.69) is 0 Å². The summed E-state index contributed by atoms with van der Waals surface area (Å²) < 4.78 is 12.0. The maximum atomic E-state index is 12.9. The van der Waals surface area contributed by atoms with E-state index < -0.39 is 23.9 Å². The van der Waals surface area contributed by atoms with Crippen molar-refractivity contribution in [2.24, 2.45) is 0 Å². The predicted molar refractivity (Wildman–Crippen MR) is 106 cm³/mol. The summed E-state index contributed by atoms with van der Waals surface area (Å²) in [4.78, 5) is 38.2. The molecule has 158 valence electrons. The van der Waals surface area contributed by atoms with E-state index in [1.165, 1.54) is 23.9 Å². The van der Waals surface area contributed by atoms with Gasteiger partial charge < -0.3 is 19.5 Å². The van der Waals surface area contributed by atoms with Crippen molar-refractivity contribution in [2.75, 3.05) is 13.7 Å². The third-order valence-corrected chi connectivity index (χ3v) is 5.22. The second kappa shape index (κ2) is 9.87. The number of benzene rings is 1. The van der Waals surface area contributed by atoms with Gasteiger partial charge in [-0.15, -0.1) is 0 Å². The maximum absolute atomic E-state index is 12.9. The molecule has 0 saturated carbocycles. The van der Waals surface area contributed by atoms with Crippen LogP contribution in [-0.2, 0) is 21.0 Å². The molecule has 1 saturated heterocycles. The maximum Gasteiger partial charge on any atom is 0.414 e. The summed E-state index contributed by atoms with van der Waals surface area (Å²) in [7, 11) is 1.34. The molecule has 1 N–H and O–H groups in total. The number of carboxylic acids is 1. The second-order valence-electron chi connectivity index (χ2n) is 7.12. The van der Waals surface area contributed by atoms with Crippen molar-refractivity contribution >= 4 is 18.0 Å². The second-order valence-corrected chi connectivity index (χ2v) is 7.12.